The number of imide groups is 1. The number of methoxy groups -OCH3 is 1. The van der Waals surface area contributed by atoms with Crippen LogP contribution < -0.4 is 14.5 Å². The molecule has 3 rings (SSSR count). The van der Waals surface area contributed by atoms with Crippen LogP contribution >= 0.6 is 0 Å². The Hall–Kier alpha value is -4.71. The zero-order valence-corrected chi connectivity index (χ0v) is 30.2. The fourth-order valence-corrected chi connectivity index (χ4v) is 4.37. The minimum atomic E-state index is -1.04. The maximum absolute atomic E-state index is 13.8. The molecule has 12 nitrogen and oxygen atoms in total. The van der Waals surface area contributed by atoms with E-state index in [1.165, 1.54) is 4.90 Å². The topological polar surface area (TPSA) is 124 Å². The van der Waals surface area contributed by atoms with E-state index in [1.807, 2.05) is 55.3 Å². The van der Waals surface area contributed by atoms with Gasteiger partial charge in [-0.15, -0.1) is 4.90 Å². The molecule has 0 spiro atoms. The minimum absolute atomic E-state index is 0.0694. The van der Waals surface area contributed by atoms with E-state index in [0.717, 1.165) is 16.9 Å². The van der Waals surface area contributed by atoms with Crippen LogP contribution in [0.1, 0.15) is 79.1 Å². The van der Waals surface area contributed by atoms with Crippen molar-refractivity contribution >= 4 is 35.7 Å². The molecule has 0 fully saturated rings. The van der Waals surface area contributed by atoms with Crippen LogP contribution in [0.4, 0.5) is 31.8 Å². The lowest BCUT2D eigenvalue weighted by Gasteiger charge is -2.29. The molecule has 0 unspecified atom stereocenters. The Morgan fingerprint density at radius 3 is 1.77 bits per heavy atom. The van der Waals surface area contributed by atoms with Crippen molar-refractivity contribution < 1.29 is 33.3 Å². The second-order valence-electron chi connectivity index (χ2n) is 14.5. The average molecular weight is 664 g/mol. The lowest BCUT2D eigenvalue weighted by Crippen LogP contribution is -2.45. The fourth-order valence-electron chi connectivity index (χ4n) is 4.37. The van der Waals surface area contributed by atoms with Crippen molar-refractivity contribution in [2.45, 2.75) is 99.1 Å². The van der Waals surface area contributed by atoms with Gasteiger partial charge in [-0.25, -0.2) is 24.3 Å². The molecule has 0 radical (unpaired) electrons. The molecule has 12 heteroatoms. The SMILES string of the molecule is COc1cccc(CN(C)Cc2cc(N(C(=O)OC(C)(C)C)c3ccc(C)cc3)nc(N(C(=O)OC(C)(C)C)C(=O)OC(C)(C)C)n2)c1. The van der Waals surface area contributed by atoms with Gasteiger partial charge in [-0.05, 0) is 106 Å². The first-order valence-corrected chi connectivity index (χ1v) is 15.7. The number of rotatable bonds is 8. The van der Waals surface area contributed by atoms with E-state index < -0.39 is 35.1 Å². The van der Waals surface area contributed by atoms with Gasteiger partial charge in [0.15, 0.2) is 0 Å². The predicted octanol–water partition coefficient (Wildman–Crippen LogP) is 8.18. The molecule has 260 valence electrons. The standard InChI is InChI=1S/C36H49N5O7/c1-24-16-18-27(19-17-24)40(31(42)46-34(2,3)4)29-21-26(23-39(11)22-25-14-13-15-28(20-25)45-12)37-30(38-29)41(32(43)47-35(5,6)7)33(44)48-36(8,9)10/h13-21H,22-23H2,1-12H3. The first-order valence-electron chi connectivity index (χ1n) is 15.7. The maximum Gasteiger partial charge on any atom is 0.427 e. The summed E-state index contributed by atoms with van der Waals surface area (Å²) < 4.78 is 22.4. The third kappa shape index (κ3) is 11.5. The van der Waals surface area contributed by atoms with E-state index >= 15 is 0 Å². The summed E-state index contributed by atoms with van der Waals surface area (Å²) in [5.41, 5.74) is 0.0692. The van der Waals surface area contributed by atoms with Gasteiger partial charge < -0.3 is 18.9 Å². The largest absolute Gasteiger partial charge is 0.497 e. The van der Waals surface area contributed by atoms with Gasteiger partial charge in [0, 0.05) is 19.2 Å². The van der Waals surface area contributed by atoms with Gasteiger partial charge in [-0.3, -0.25) is 4.90 Å². The number of ether oxygens (including phenoxy) is 4. The van der Waals surface area contributed by atoms with E-state index in [4.69, 9.17) is 18.9 Å². The molecule has 0 atom stereocenters. The van der Waals surface area contributed by atoms with Crippen LogP contribution in [0.15, 0.2) is 54.6 Å². The predicted molar refractivity (Wildman–Crippen MR) is 185 cm³/mol. The monoisotopic (exact) mass is 663 g/mol. The van der Waals surface area contributed by atoms with Crippen molar-refractivity contribution in [3.63, 3.8) is 0 Å². The van der Waals surface area contributed by atoms with Gasteiger partial charge >= 0.3 is 18.3 Å². The molecule has 1 heterocycles. The van der Waals surface area contributed by atoms with Gasteiger partial charge in [0.25, 0.3) is 0 Å². The molecule has 0 bridgehead atoms. The molecule has 0 aliphatic rings. The van der Waals surface area contributed by atoms with E-state index in [0.29, 0.717) is 22.8 Å². The molecule has 0 saturated carbocycles. The van der Waals surface area contributed by atoms with Crippen LogP contribution in [0.2, 0.25) is 0 Å². The lowest BCUT2D eigenvalue weighted by atomic mass is 10.2. The van der Waals surface area contributed by atoms with Gasteiger partial charge in [-0.2, -0.15) is 4.98 Å². The minimum Gasteiger partial charge on any atom is -0.497 e. The van der Waals surface area contributed by atoms with E-state index in [-0.39, 0.29) is 18.3 Å². The summed E-state index contributed by atoms with van der Waals surface area (Å²) in [4.78, 5) is 54.2. The lowest BCUT2D eigenvalue weighted by molar-refractivity contribution is 0.0426. The van der Waals surface area contributed by atoms with Gasteiger partial charge in [0.1, 0.15) is 28.4 Å². The molecule has 1 aromatic heterocycles. The van der Waals surface area contributed by atoms with Crippen molar-refractivity contribution in [1.29, 1.82) is 0 Å². The smallest absolute Gasteiger partial charge is 0.427 e. The molecule has 3 aromatic rings. The highest BCUT2D eigenvalue weighted by molar-refractivity contribution is 6.08. The first-order chi connectivity index (χ1) is 22.1. The number of amides is 3. The van der Waals surface area contributed by atoms with Gasteiger partial charge in [0.2, 0.25) is 5.95 Å². The summed E-state index contributed by atoms with van der Waals surface area (Å²) in [6.07, 6.45) is -2.79. The Morgan fingerprint density at radius 1 is 0.708 bits per heavy atom. The average Bonchev–Trinajstić information content (AvgIpc) is 2.91. The number of hydrogen-bond acceptors (Lipinski definition) is 10. The Kier molecular flexibility index (Phi) is 11.8. The second kappa shape index (κ2) is 15.0. The van der Waals surface area contributed by atoms with Crippen molar-refractivity contribution in [3.05, 3.63) is 71.4 Å². The number of carbonyl (C=O) groups is 3. The third-order valence-electron chi connectivity index (χ3n) is 6.22. The number of aromatic nitrogens is 2. The normalized spacial score (nSPS) is 11.9. The van der Waals surface area contributed by atoms with Crippen molar-refractivity contribution in [2.75, 3.05) is 24.0 Å². The van der Waals surface area contributed by atoms with Gasteiger partial charge in [0.05, 0.1) is 18.5 Å². The van der Waals surface area contributed by atoms with Crippen LogP contribution in [0, 0.1) is 6.92 Å². The summed E-state index contributed by atoms with van der Waals surface area (Å²) in [7, 11) is 3.50. The maximum atomic E-state index is 13.8. The van der Waals surface area contributed by atoms with Gasteiger partial charge in [-0.1, -0.05) is 29.8 Å². The van der Waals surface area contributed by atoms with E-state index in [2.05, 4.69) is 9.97 Å². The third-order valence-corrected chi connectivity index (χ3v) is 6.22. The number of benzene rings is 2. The fraction of sp³-hybridized carbons (Fsp3) is 0.472. The molecular formula is C36H49N5O7. The highest BCUT2D eigenvalue weighted by Gasteiger charge is 2.36. The molecular weight excluding hydrogens is 614 g/mol. The molecule has 0 saturated heterocycles. The summed E-state index contributed by atoms with van der Waals surface area (Å²) in [6.45, 7) is 18.0. The van der Waals surface area contributed by atoms with E-state index in [1.54, 1.807) is 87.6 Å². The second-order valence-corrected chi connectivity index (χ2v) is 14.5. The quantitative estimate of drug-likeness (QED) is 0.218. The zero-order valence-electron chi connectivity index (χ0n) is 30.2. The van der Waals surface area contributed by atoms with Crippen LogP contribution in [-0.4, -0.2) is 64.1 Å². The summed E-state index contributed by atoms with van der Waals surface area (Å²) in [5, 5.41) is 0. The van der Waals surface area contributed by atoms with E-state index in [9.17, 15) is 14.4 Å². The highest BCUT2D eigenvalue weighted by atomic mass is 16.6. The molecule has 3 amide bonds. The van der Waals surface area contributed by atoms with Crippen LogP contribution in [0.3, 0.4) is 0 Å². The number of anilines is 3. The summed E-state index contributed by atoms with van der Waals surface area (Å²) in [5.74, 6) is 0.463. The Labute approximate surface area is 284 Å². The molecule has 0 N–H and O–H groups in total. The summed E-state index contributed by atoms with van der Waals surface area (Å²) in [6, 6.07) is 16.5. The number of carbonyl (C=O) groups excluding carboxylic acids is 3. The molecule has 0 aliphatic heterocycles. The Morgan fingerprint density at radius 2 is 1.25 bits per heavy atom. The van der Waals surface area contributed by atoms with Crippen molar-refractivity contribution in [2.24, 2.45) is 0 Å². The molecule has 2 aromatic carbocycles. The number of aryl methyl sites for hydroxylation is 1. The number of nitrogens with zero attached hydrogens (tertiary/aromatic N) is 5. The Balaban J connectivity index is 2.24. The van der Waals surface area contributed by atoms with Crippen LogP contribution in [0.5, 0.6) is 5.75 Å². The Bertz CT molecular complexity index is 1560. The number of hydrogen-bond donors (Lipinski definition) is 0. The molecule has 0 aliphatic carbocycles. The van der Waals surface area contributed by atoms with Crippen molar-refractivity contribution in [3.8, 4) is 5.75 Å². The van der Waals surface area contributed by atoms with Crippen LogP contribution in [0.25, 0.3) is 0 Å². The first kappa shape index (κ1) is 37.7. The molecule has 48 heavy (non-hydrogen) atoms. The highest BCUT2D eigenvalue weighted by Crippen LogP contribution is 2.30. The summed E-state index contributed by atoms with van der Waals surface area (Å²) >= 11 is 0. The van der Waals surface area contributed by atoms with Crippen LogP contribution in [-0.2, 0) is 27.3 Å². The zero-order chi connectivity index (χ0) is 36.0. The van der Waals surface area contributed by atoms with Crippen molar-refractivity contribution in [1.82, 2.24) is 14.9 Å².